The number of hydrogen-bond donors (Lipinski definition) is 2. The number of aromatic nitrogens is 2. The van der Waals surface area contributed by atoms with E-state index >= 15 is 0 Å². The molecule has 0 aliphatic carbocycles. The van der Waals surface area contributed by atoms with Crippen molar-refractivity contribution in [2.75, 3.05) is 20.3 Å². The summed E-state index contributed by atoms with van der Waals surface area (Å²) in [6, 6.07) is 2.12. The van der Waals surface area contributed by atoms with Gasteiger partial charge < -0.3 is 15.4 Å². The second-order valence-corrected chi connectivity index (χ2v) is 3.93. The molecule has 0 aliphatic heterocycles. The topological polar surface area (TPSA) is 51.1 Å². The van der Waals surface area contributed by atoms with Gasteiger partial charge in [-0.15, -0.1) is 0 Å². The van der Waals surface area contributed by atoms with Crippen LogP contribution in [0.4, 0.5) is 0 Å². The molecule has 6 heteroatoms. The number of nitrogens with zero attached hydrogens (tertiary/aromatic N) is 2. The van der Waals surface area contributed by atoms with Crippen LogP contribution in [0.25, 0.3) is 0 Å². The molecule has 0 saturated heterocycles. The van der Waals surface area contributed by atoms with Crippen LogP contribution in [0.2, 0.25) is 0 Å². The highest BCUT2D eigenvalue weighted by Gasteiger charge is 2.02. The highest BCUT2D eigenvalue weighted by Crippen LogP contribution is 1.84. The molecule has 0 saturated carbocycles. The van der Waals surface area contributed by atoms with Crippen LogP contribution in [0.15, 0.2) is 18.5 Å². The lowest BCUT2D eigenvalue weighted by Crippen LogP contribution is -2.43. The summed E-state index contributed by atoms with van der Waals surface area (Å²) in [6.45, 7) is 4.21. The molecular formula is C10H18N4OS. The lowest BCUT2D eigenvalue weighted by molar-refractivity contribution is 0.179. The zero-order valence-electron chi connectivity index (χ0n) is 9.64. The minimum absolute atomic E-state index is 0.217. The Bertz CT molecular complexity index is 302. The largest absolute Gasteiger partial charge is 0.383 e. The van der Waals surface area contributed by atoms with E-state index in [9.17, 15) is 0 Å². The first kappa shape index (κ1) is 12.9. The van der Waals surface area contributed by atoms with Gasteiger partial charge in [0.2, 0.25) is 0 Å². The van der Waals surface area contributed by atoms with E-state index in [1.807, 2.05) is 23.9 Å². The molecule has 0 spiro atoms. The number of nitrogens with one attached hydrogen (secondary N) is 2. The minimum Gasteiger partial charge on any atom is -0.383 e. The molecule has 1 atom stereocenters. The summed E-state index contributed by atoms with van der Waals surface area (Å²) in [5.41, 5.74) is 0. The maximum absolute atomic E-state index is 5.13. The van der Waals surface area contributed by atoms with Crippen molar-refractivity contribution in [3.63, 3.8) is 0 Å². The smallest absolute Gasteiger partial charge is 0.166 e. The molecule has 0 aliphatic rings. The van der Waals surface area contributed by atoms with Gasteiger partial charge in [-0.1, -0.05) is 0 Å². The molecule has 2 N–H and O–H groups in total. The van der Waals surface area contributed by atoms with E-state index in [1.165, 1.54) is 0 Å². The first-order chi connectivity index (χ1) is 7.72. The summed E-state index contributed by atoms with van der Waals surface area (Å²) in [7, 11) is 1.67. The van der Waals surface area contributed by atoms with Crippen molar-refractivity contribution in [1.29, 1.82) is 0 Å². The van der Waals surface area contributed by atoms with Gasteiger partial charge in [0.05, 0.1) is 13.2 Å². The molecule has 0 radical (unpaired) electrons. The van der Waals surface area contributed by atoms with Crippen LogP contribution < -0.4 is 10.6 Å². The van der Waals surface area contributed by atoms with Crippen molar-refractivity contribution < 1.29 is 4.74 Å². The van der Waals surface area contributed by atoms with Crippen LogP contribution in [-0.2, 0) is 11.3 Å². The lowest BCUT2D eigenvalue weighted by atomic mass is 10.4. The van der Waals surface area contributed by atoms with E-state index in [0.29, 0.717) is 11.7 Å². The molecule has 16 heavy (non-hydrogen) atoms. The molecule has 1 aromatic heterocycles. The van der Waals surface area contributed by atoms with Crippen LogP contribution in [-0.4, -0.2) is 41.2 Å². The number of rotatable bonds is 6. The average molecular weight is 242 g/mol. The van der Waals surface area contributed by atoms with Gasteiger partial charge >= 0.3 is 0 Å². The Labute approximate surface area is 101 Å². The van der Waals surface area contributed by atoms with Gasteiger partial charge in [0.25, 0.3) is 0 Å². The molecular weight excluding hydrogens is 224 g/mol. The van der Waals surface area contributed by atoms with E-state index in [-0.39, 0.29) is 6.04 Å². The van der Waals surface area contributed by atoms with Gasteiger partial charge in [0, 0.05) is 32.1 Å². The standard InChI is InChI=1S/C10H18N4OS/c1-9(8-15-2)13-10(16)11-5-7-14-6-3-4-12-14/h3-4,6,9H,5,7-8H2,1-2H3,(H2,11,13,16). The lowest BCUT2D eigenvalue weighted by Gasteiger charge is -2.16. The molecule has 1 aromatic rings. The fourth-order valence-corrected chi connectivity index (χ4v) is 1.59. The van der Waals surface area contributed by atoms with Crippen LogP contribution in [0, 0.1) is 0 Å². The van der Waals surface area contributed by atoms with Crippen LogP contribution in [0.3, 0.4) is 0 Å². The summed E-state index contributed by atoms with van der Waals surface area (Å²) in [6.07, 6.45) is 3.68. The van der Waals surface area contributed by atoms with Crippen molar-refractivity contribution >= 4 is 17.3 Å². The van der Waals surface area contributed by atoms with E-state index < -0.39 is 0 Å². The highest BCUT2D eigenvalue weighted by molar-refractivity contribution is 7.80. The molecule has 90 valence electrons. The number of ether oxygens (including phenoxy) is 1. The summed E-state index contributed by atoms with van der Waals surface area (Å²) in [4.78, 5) is 0. The molecule has 1 unspecified atom stereocenters. The van der Waals surface area contributed by atoms with Crippen LogP contribution in [0.1, 0.15) is 6.92 Å². The van der Waals surface area contributed by atoms with Gasteiger partial charge in [-0.25, -0.2) is 0 Å². The number of thiocarbonyl (C=S) groups is 1. The Hall–Kier alpha value is -1.14. The van der Waals surface area contributed by atoms with Crippen molar-refractivity contribution in [3.8, 4) is 0 Å². The minimum atomic E-state index is 0.217. The summed E-state index contributed by atoms with van der Waals surface area (Å²) < 4.78 is 6.86. The third kappa shape index (κ3) is 5.09. The van der Waals surface area contributed by atoms with Gasteiger partial charge in [-0.05, 0) is 25.2 Å². The summed E-state index contributed by atoms with van der Waals surface area (Å²) in [5.74, 6) is 0. The maximum Gasteiger partial charge on any atom is 0.166 e. The Kier molecular flexibility index (Phi) is 5.81. The first-order valence-electron chi connectivity index (χ1n) is 5.23. The molecule has 1 rings (SSSR count). The van der Waals surface area contributed by atoms with E-state index in [2.05, 4.69) is 15.7 Å². The zero-order valence-corrected chi connectivity index (χ0v) is 10.5. The highest BCUT2D eigenvalue weighted by atomic mass is 32.1. The molecule has 0 fully saturated rings. The molecule has 5 nitrogen and oxygen atoms in total. The Balaban J connectivity index is 2.10. The van der Waals surface area contributed by atoms with Gasteiger partial charge in [-0.2, -0.15) is 5.10 Å². The predicted molar refractivity (Wildman–Crippen MR) is 67.3 cm³/mol. The van der Waals surface area contributed by atoms with Gasteiger partial charge in [0.15, 0.2) is 5.11 Å². The van der Waals surface area contributed by atoms with E-state index in [4.69, 9.17) is 17.0 Å². The van der Waals surface area contributed by atoms with E-state index in [0.717, 1.165) is 13.1 Å². The Morgan fingerprint density at radius 2 is 2.44 bits per heavy atom. The van der Waals surface area contributed by atoms with Crippen LogP contribution in [0.5, 0.6) is 0 Å². The van der Waals surface area contributed by atoms with Gasteiger partial charge in [-0.3, -0.25) is 4.68 Å². The second kappa shape index (κ2) is 7.19. The molecule has 0 amide bonds. The second-order valence-electron chi connectivity index (χ2n) is 3.53. The Morgan fingerprint density at radius 3 is 3.06 bits per heavy atom. The Morgan fingerprint density at radius 1 is 1.62 bits per heavy atom. The van der Waals surface area contributed by atoms with Crippen molar-refractivity contribution in [1.82, 2.24) is 20.4 Å². The fourth-order valence-electron chi connectivity index (χ4n) is 1.28. The quantitative estimate of drug-likeness (QED) is 0.706. The molecule has 1 heterocycles. The summed E-state index contributed by atoms with van der Waals surface area (Å²) in [5, 5.41) is 11.0. The fraction of sp³-hybridized carbons (Fsp3) is 0.600. The first-order valence-corrected chi connectivity index (χ1v) is 5.64. The zero-order chi connectivity index (χ0) is 11.8. The predicted octanol–water partition coefficient (Wildman–Crippen LogP) is 0.382. The number of methoxy groups -OCH3 is 1. The molecule has 0 bridgehead atoms. The number of hydrogen-bond acceptors (Lipinski definition) is 3. The summed E-state index contributed by atoms with van der Waals surface area (Å²) >= 11 is 5.13. The third-order valence-electron chi connectivity index (χ3n) is 1.98. The molecule has 0 aromatic carbocycles. The SMILES string of the molecule is COCC(C)NC(=S)NCCn1cccn1. The van der Waals surface area contributed by atoms with Crippen molar-refractivity contribution in [2.45, 2.75) is 19.5 Å². The normalized spacial score (nSPS) is 12.1. The van der Waals surface area contributed by atoms with Crippen LogP contribution >= 0.6 is 12.2 Å². The monoisotopic (exact) mass is 242 g/mol. The maximum atomic E-state index is 5.13. The van der Waals surface area contributed by atoms with Crippen molar-refractivity contribution in [2.24, 2.45) is 0 Å². The van der Waals surface area contributed by atoms with E-state index in [1.54, 1.807) is 13.3 Å². The average Bonchev–Trinajstić information content (AvgIpc) is 2.70. The van der Waals surface area contributed by atoms with Gasteiger partial charge in [0.1, 0.15) is 0 Å². The third-order valence-corrected chi connectivity index (χ3v) is 2.24. The van der Waals surface area contributed by atoms with Crippen molar-refractivity contribution in [3.05, 3.63) is 18.5 Å².